The zero-order valence-electron chi connectivity index (χ0n) is 18.7. The summed E-state index contributed by atoms with van der Waals surface area (Å²) < 4.78 is 6.54. The average Bonchev–Trinajstić information content (AvgIpc) is 2.61. The minimum Gasteiger partial charge on any atom is -0.543 e. The zero-order chi connectivity index (χ0) is 21.2. The molecule has 0 spiro atoms. The molecule has 0 aromatic heterocycles. The van der Waals surface area contributed by atoms with Gasteiger partial charge in [-0.1, -0.05) is 33.8 Å². The molecule has 1 heterocycles. The third-order valence-corrected chi connectivity index (χ3v) is 12.8. The van der Waals surface area contributed by atoms with E-state index in [4.69, 9.17) is 4.43 Å². The number of hydrogen-bond acceptors (Lipinski definition) is 3. The highest BCUT2D eigenvalue weighted by molar-refractivity contribution is 6.74. The Hall–Kier alpha value is -1.62. The minimum absolute atomic E-state index is 0.0545. The molecule has 0 bridgehead atoms. The molecule has 1 saturated carbocycles. The second-order valence-corrected chi connectivity index (χ2v) is 15.9. The molecule has 4 rings (SSSR count). The van der Waals surface area contributed by atoms with Crippen LogP contribution in [0, 0.1) is 17.3 Å². The minimum atomic E-state index is -1.86. The summed E-state index contributed by atoms with van der Waals surface area (Å²) in [5.41, 5.74) is 2.43. The van der Waals surface area contributed by atoms with Crippen molar-refractivity contribution in [3.8, 4) is 5.75 Å². The van der Waals surface area contributed by atoms with E-state index >= 15 is 0 Å². The van der Waals surface area contributed by atoms with Crippen LogP contribution in [0.2, 0.25) is 18.1 Å². The summed E-state index contributed by atoms with van der Waals surface area (Å²) in [7, 11) is -1.86. The van der Waals surface area contributed by atoms with Crippen LogP contribution in [0.1, 0.15) is 70.4 Å². The van der Waals surface area contributed by atoms with Crippen molar-refractivity contribution in [1.82, 2.24) is 5.32 Å². The molecule has 1 saturated heterocycles. The Kier molecular flexibility index (Phi) is 4.76. The van der Waals surface area contributed by atoms with Crippen molar-refractivity contribution >= 4 is 20.1 Å². The SMILES string of the molecule is CC(C)(C)[Si](C)(C)Oc1ccc2c(c1)CCC1C2CC[C@]2(C)C(=O)NC(=O)CC12. The molecule has 3 unspecified atom stereocenters. The van der Waals surface area contributed by atoms with Crippen molar-refractivity contribution < 1.29 is 14.0 Å². The normalized spacial score (nSPS) is 32.0. The summed E-state index contributed by atoms with van der Waals surface area (Å²) in [5, 5.41) is 2.76. The summed E-state index contributed by atoms with van der Waals surface area (Å²) in [6.07, 6.45) is 4.44. The van der Waals surface area contributed by atoms with Crippen molar-refractivity contribution in [3.05, 3.63) is 29.3 Å². The maximum atomic E-state index is 12.6. The van der Waals surface area contributed by atoms with Crippen molar-refractivity contribution in [1.29, 1.82) is 0 Å². The monoisotopic (exact) mass is 413 g/mol. The Morgan fingerprint density at radius 2 is 1.90 bits per heavy atom. The van der Waals surface area contributed by atoms with Gasteiger partial charge in [-0.2, -0.15) is 0 Å². The fraction of sp³-hybridized carbons (Fsp3) is 0.667. The second kappa shape index (κ2) is 6.69. The largest absolute Gasteiger partial charge is 0.543 e. The molecule has 1 aromatic rings. The Morgan fingerprint density at radius 3 is 2.59 bits per heavy atom. The highest BCUT2D eigenvalue weighted by Crippen LogP contribution is 2.57. The number of piperidine rings is 1. The van der Waals surface area contributed by atoms with Crippen LogP contribution in [-0.4, -0.2) is 20.1 Å². The van der Waals surface area contributed by atoms with E-state index in [1.165, 1.54) is 11.1 Å². The fourth-order valence-electron chi connectivity index (χ4n) is 5.57. The summed E-state index contributed by atoms with van der Waals surface area (Å²) in [6, 6.07) is 6.68. The third kappa shape index (κ3) is 3.35. The van der Waals surface area contributed by atoms with Gasteiger partial charge < -0.3 is 4.43 Å². The van der Waals surface area contributed by atoms with E-state index in [9.17, 15) is 9.59 Å². The van der Waals surface area contributed by atoms with Gasteiger partial charge in [-0.25, -0.2) is 0 Å². The van der Waals surface area contributed by atoms with Gasteiger partial charge in [0.25, 0.3) is 0 Å². The van der Waals surface area contributed by atoms with Crippen molar-refractivity contribution in [3.63, 3.8) is 0 Å². The van der Waals surface area contributed by atoms with Gasteiger partial charge in [-0.05, 0) is 84.8 Å². The predicted molar refractivity (Wildman–Crippen MR) is 117 cm³/mol. The molecular weight excluding hydrogens is 378 g/mol. The number of nitrogens with one attached hydrogen (secondary N) is 1. The molecular formula is C24H35NO3Si. The molecule has 1 aromatic carbocycles. The molecule has 0 radical (unpaired) electrons. The van der Waals surface area contributed by atoms with Gasteiger partial charge in [-0.15, -0.1) is 0 Å². The van der Waals surface area contributed by atoms with Crippen LogP contribution in [0.15, 0.2) is 18.2 Å². The first-order valence-corrected chi connectivity index (χ1v) is 14.0. The maximum Gasteiger partial charge on any atom is 0.250 e. The zero-order valence-corrected chi connectivity index (χ0v) is 19.7. The highest BCUT2D eigenvalue weighted by atomic mass is 28.4. The Labute approximate surface area is 175 Å². The lowest BCUT2D eigenvalue weighted by Gasteiger charge is -2.52. The standard InChI is InChI=1S/C24H35NO3Si/c1-23(2,3)29(5,6)28-16-8-10-17-15(13-16)7-9-19-18(17)11-12-24(4)20(19)14-21(26)25-22(24)27/h8,10,13,18-20H,7,9,11-12,14H2,1-6H3,(H,25,26,27)/t18?,19?,20?,24-/m0/s1. The van der Waals surface area contributed by atoms with Gasteiger partial charge in [0.2, 0.25) is 20.1 Å². The number of imide groups is 1. The van der Waals surface area contributed by atoms with E-state index in [-0.39, 0.29) is 22.8 Å². The van der Waals surface area contributed by atoms with E-state index in [2.05, 4.69) is 64.3 Å². The van der Waals surface area contributed by atoms with E-state index in [0.717, 1.165) is 31.4 Å². The lowest BCUT2D eigenvalue weighted by Crippen LogP contribution is -2.57. The van der Waals surface area contributed by atoms with Crippen LogP contribution in [-0.2, 0) is 16.0 Å². The quantitative estimate of drug-likeness (QED) is 0.537. The Morgan fingerprint density at radius 1 is 1.17 bits per heavy atom. The number of carbonyl (C=O) groups is 2. The van der Waals surface area contributed by atoms with Crippen LogP contribution < -0.4 is 9.74 Å². The summed E-state index contributed by atoms with van der Waals surface area (Å²) >= 11 is 0. The molecule has 29 heavy (non-hydrogen) atoms. The number of amides is 2. The third-order valence-electron chi connectivity index (χ3n) is 8.44. The van der Waals surface area contributed by atoms with E-state index in [1.54, 1.807) is 0 Å². The smallest absolute Gasteiger partial charge is 0.250 e. The van der Waals surface area contributed by atoms with Crippen molar-refractivity contribution in [2.75, 3.05) is 0 Å². The molecule has 4 atom stereocenters. The summed E-state index contributed by atoms with van der Waals surface area (Å²) in [6.45, 7) is 13.4. The van der Waals surface area contributed by atoms with Crippen molar-refractivity contribution in [2.45, 2.75) is 83.8 Å². The van der Waals surface area contributed by atoms with Crippen LogP contribution in [0.5, 0.6) is 5.75 Å². The molecule has 4 nitrogen and oxygen atoms in total. The van der Waals surface area contributed by atoms with Gasteiger partial charge in [0.15, 0.2) is 0 Å². The maximum absolute atomic E-state index is 12.6. The number of benzene rings is 1. The lowest BCUT2D eigenvalue weighted by molar-refractivity contribution is -0.151. The van der Waals surface area contributed by atoms with Gasteiger partial charge in [0.1, 0.15) is 5.75 Å². The molecule has 5 heteroatoms. The van der Waals surface area contributed by atoms with E-state index in [0.29, 0.717) is 18.3 Å². The number of aryl methyl sites for hydroxylation is 1. The first-order chi connectivity index (χ1) is 13.4. The first-order valence-electron chi connectivity index (χ1n) is 11.1. The second-order valence-electron chi connectivity index (χ2n) is 11.2. The van der Waals surface area contributed by atoms with Crippen LogP contribution >= 0.6 is 0 Å². The summed E-state index contributed by atoms with van der Waals surface area (Å²) in [4.78, 5) is 24.7. The molecule has 2 aliphatic carbocycles. The van der Waals surface area contributed by atoms with Gasteiger partial charge in [-0.3, -0.25) is 14.9 Å². The Bertz CT molecular complexity index is 856. The van der Waals surface area contributed by atoms with Gasteiger partial charge >= 0.3 is 0 Å². The topological polar surface area (TPSA) is 55.4 Å². The van der Waals surface area contributed by atoms with Gasteiger partial charge in [0.05, 0.1) is 5.41 Å². The molecule has 1 aliphatic heterocycles. The van der Waals surface area contributed by atoms with E-state index < -0.39 is 13.7 Å². The molecule has 2 fully saturated rings. The van der Waals surface area contributed by atoms with Crippen LogP contribution in [0.25, 0.3) is 0 Å². The van der Waals surface area contributed by atoms with E-state index in [1.807, 2.05) is 0 Å². The van der Waals surface area contributed by atoms with Crippen molar-refractivity contribution in [2.24, 2.45) is 17.3 Å². The number of hydrogen-bond donors (Lipinski definition) is 1. The molecule has 1 N–H and O–H groups in total. The number of rotatable bonds is 2. The summed E-state index contributed by atoms with van der Waals surface area (Å²) in [5.74, 6) is 1.89. The fourth-order valence-corrected chi connectivity index (χ4v) is 6.59. The van der Waals surface area contributed by atoms with Crippen LogP contribution in [0.4, 0.5) is 0 Å². The molecule has 2 amide bonds. The molecule has 158 valence electrons. The molecule has 3 aliphatic rings. The average molecular weight is 414 g/mol. The number of carbonyl (C=O) groups excluding carboxylic acids is 2. The number of fused-ring (bicyclic) bond motifs is 5. The predicted octanol–water partition coefficient (Wildman–Crippen LogP) is 5.18. The van der Waals surface area contributed by atoms with Crippen LogP contribution in [0.3, 0.4) is 0 Å². The highest BCUT2D eigenvalue weighted by Gasteiger charge is 2.55. The first kappa shape index (κ1) is 20.6. The lowest BCUT2D eigenvalue weighted by atomic mass is 9.52. The Balaban J connectivity index is 1.60. The van der Waals surface area contributed by atoms with Gasteiger partial charge in [0, 0.05) is 6.42 Å².